The van der Waals surface area contributed by atoms with Crippen LogP contribution in [0.4, 0.5) is 4.79 Å². The number of nitrogens with zero attached hydrogens (tertiary/aromatic N) is 6. The van der Waals surface area contributed by atoms with E-state index in [0.29, 0.717) is 52.3 Å². The maximum absolute atomic E-state index is 14.3. The number of morpholine rings is 1. The third-order valence-electron chi connectivity index (χ3n) is 8.05. The lowest BCUT2D eigenvalue weighted by Gasteiger charge is -2.42. The van der Waals surface area contributed by atoms with Crippen molar-refractivity contribution in [2.75, 3.05) is 59.7 Å². The molecule has 0 unspecified atom stereocenters. The summed E-state index contributed by atoms with van der Waals surface area (Å²) in [6.45, 7) is 7.27. The molecular weight excluding hydrogens is 540 g/mol. The van der Waals surface area contributed by atoms with Gasteiger partial charge in [0.15, 0.2) is 5.69 Å². The van der Waals surface area contributed by atoms with Gasteiger partial charge in [-0.3, -0.25) is 9.59 Å². The molecule has 0 radical (unpaired) electrons. The number of benzene rings is 1. The van der Waals surface area contributed by atoms with Crippen molar-refractivity contribution in [2.45, 2.75) is 58.4 Å². The largest absolute Gasteiger partial charge is 0.465 e. The summed E-state index contributed by atoms with van der Waals surface area (Å²) in [6, 6.07) is 7.43. The molecular formula is C30H44N6O6. The van der Waals surface area contributed by atoms with Crippen molar-refractivity contribution < 1.29 is 29.0 Å². The smallest absolute Gasteiger partial charge is 0.407 e. The number of piperidine rings is 1. The van der Waals surface area contributed by atoms with E-state index in [1.165, 1.54) is 4.90 Å². The van der Waals surface area contributed by atoms with E-state index in [0.717, 1.165) is 42.6 Å². The van der Waals surface area contributed by atoms with Crippen molar-refractivity contribution in [1.29, 1.82) is 0 Å². The third kappa shape index (κ3) is 7.65. The van der Waals surface area contributed by atoms with Crippen LogP contribution in [-0.2, 0) is 20.7 Å². The topological polar surface area (TPSA) is 130 Å². The average Bonchev–Trinajstić information content (AvgIpc) is 3.43. The normalized spacial score (nSPS) is 19.1. The molecule has 1 N–H and O–H groups in total. The third-order valence-corrected chi connectivity index (χ3v) is 8.05. The van der Waals surface area contributed by atoms with E-state index >= 15 is 0 Å². The van der Waals surface area contributed by atoms with Gasteiger partial charge >= 0.3 is 6.09 Å². The van der Waals surface area contributed by atoms with Gasteiger partial charge in [0.2, 0.25) is 5.91 Å². The number of rotatable bonds is 12. The van der Waals surface area contributed by atoms with Crippen LogP contribution in [0.15, 0.2) is 24.3 Å². The van der Waals surface area contributed by atoms with Crippen molar-refractivity contribution in [3.63, 3.8) is 0 Å². The molecule has 2 aliphatic rings. The molecule has 4 rings (SSSR count). The Morgan fingerprint density at radius 3 is 2.60 bits per heavy atom. The predicted molar refractivity (Wildman–Crippen MR) is 156 cm³/mol. The van der Waals surface area contributed by atoms with Gasteiger partial charge in [-0.15, -0.1) is 5.10 Å². The van der Waals surface area contributed by atoms with Gasteiger partial charge in [0.25, 0.3) is 5.91 Å². The summed E-state index contributed by atoms with van der Waals surface area (Å²) in [5.74, 6) is -0.897. The van der Waals surface area contributed by atoms with E-state index in [2.05, 4.69) is 10.3 Å². The Balaban J connectivity index is 1.65. The Bertz CT molecular complexity index is 1210. The lowest BCUT2D eigenvalue weighted by atomic mass is 9.91. The van der Waals surface area contributed by atoms with Crippen molar-refractivity contribution in [3.05, 3.63) is 41.2 Å². The summed E-state index contributed by atoms with van der Waals surface area (Å²) in [4.78, 5) is 44.7. The van der Waals surface area contributed by atoms with Crippen molar-refractivity contribution in [1.82, 2.24) is 29.7 Å². The molecule has 3 heterocycles. The molecule has 0 aliphatic carbocycles. The van der Waals surface area contributed by atoms with Crippen LogP contribution in [0.5, 0.6) is 0 Å². The molecule has 1 aromatic heterocycles. The van der Waals surface area contributed by atoms with Crippen LogP contribution in [-0.4, -0.2) is 118 Å². The lowest BCUT2D eigenvalue weighted by molar-refractivity contribution is -0.142. The lowest BCUT2D eigenvalue weighted by Crippen LogP contribution is -2.57. The second kappa shape index (κ2) is 15.1. The first-order valence-corrected chi connectivity index (χ1v) is 15.0. The zero-order valence-electron chi connectivity index (χ0n) is 25.0. The van der Waals surface area contributed by atoms with Crippen LogP contribution < -0.4 is 0 Å². The molecule has 2 saturated heterocycles. The fraction of sp³-hybridized carbons (Fsp3) is 0.633. The Morgan fingerprint density at radius 2 is 1.90 bits per heavy atom. The van der Waals surface area contributed by atoms with Gasteiger partial charge in [0.05, 0.1) is 36.6 Å². The molecule has 12 heteroatoms. The zero-order valence-corrected chi connectivity index (χ0v) is 25.0. The van der Waals surface area contributed by atoms with Gasteiger partial charge < -0.3 is 29.3 Å². The number of hydrogen-bond donors (Lipinski definition) is 1. The molecule has 2 atom stereocenters. The van der Waals surface area contributed by atoms with Crippen molar-refractivity contribution in [2.24, 2.45) is 5.92 Å². The molecule has 0 bridgehead atoms. The molecule has 12 nitrogen and oxygen atoms in total. The molecule has 0 saturated carbocycles. The summed E-state index contributed by atoms with van der Waals surface area (Å²) >= 11 is 0. The summed E-state index contributed by atoms with van der Waals surface area (Å²) < 4.78 is 12.4. The first-order chi connectivity index (χ1) is 20.3. The summed E-state index contributed by atoms with van der Waals surface area (Å²) in [6.07, 6.45) is 3.09. The number of hydrogen-bond acceptors (Lipinski definition) is 7. The second-order valence-electron chi connectivity index (χ2n) is 11.1. The van der Waals surface area contributed by atoms with Crippen LogP contribution in [0.3, 0.4) is 0 Å². The Hall–Kier alpha value is -3.51. The van der Waals surface area contributed by atoms with Gasteiger partial charge in [0.1, 0.15) is 0 Å². The van der Waals surface area contributed by atoms with E-state index in [9.17, 15) is 19.5 Å². The number of likely N-dealkylation sites (tertiary alicyclic amines) is 1. The number of aryl methyl sites for hydroxylation is 1. The van der Waals surface area contributed by atoms with Crippen LogP contribution in [0.25, 0.3) is 5.69 Å². The molecule has 0 spiro atoms. The number of carbonyl (C=O) groups excluding carboxylic acids is 2. The fourth-order valence-corrected chi connectivity index (χ4v) is 5.79. The molecule has 42 heavy (non-hydrogen) atoms. The maximum Gasteiger partial charge on any atom is 0.407 e. The van der Waals surface area contributed by atoms with Crippen LogP contribution in [0.1, 0.15) is 60.8 Å². The van der Waals surface area contributed by atoms with Crippen molar-refractivity contribution >= 4 is 17.9 Å². The minimum Gasteiger partial charge on any atom is -0.465 e. The first kappa shape index (κ1) is 31.4. The fourth-order valence-electron chi connectivity index (χ4n) is 5.79. The Labute approximate surface area is 247 Å². The minimum atomic E-state index is -1.09. The van der Waals surface area contributed by atoms with E-state index in [4.69, 9.17) is 9.47 Å². The summed E-state index contributed by atoms with van der Waals surface area (Å²) in [7, 11) is 1.67. The van der Waals surface area contributed by atoms with E-state index in [-0.39, 0.29) is 30.6 Å². The van der Waals surface area contributed by atoms with Gasteiger partial charge in [-0.2, -0.15) is 0 Å². The van der Waals surface area contributed by atoms with Crippen LogP contribution >= 0.6 is 0 Å². The van der Waals surface area contributed by atoms with Gasteiger partial charge in [-0.1, -0.05) is 30.7 Å². The van der Waals surface area contributed by atoms with E-state index < -0.39 is 18.1 Å². The van der Waals surface area contributed by atoms with Gasteiger partial charge in [0, 0.05) is 46.4 Å². The SMILES string of the molecule is CCCCN(C(=O)c1nnn(-c2cccc(C)c2)c1CCCCOC)[C@H]1C[C@@H](C(=O)N2CCOCC2)CN(C(=O)O)C1. The quantitative estimate of drug-likeness (QED) is 0.377. The van der Waals surface area contributed by atoms with Crippen LogP contribution in [0, 0.1) is 12.8 Å². The number of amides is 3. The Morgan fingerprint density at radius 1 is 1.12 bits per heavy atom. The summed E-state index contributed by atoms with van der Waals surface area (Å²) in [5, 5.41) is 18.8. The number of carboxylic acid groups (broad SMARTS) is 1. The summed E-state index contributed by atoms with van der Waals surface area (Å²) in [5.41, 5.74) is 2.88. The second-order valence-corrected chi connectivity index (χ2v) is 11.1. The average molecular weight is 585 g/mol. The van der Waals surface area contributed by atoms with Crippen LogP contribution in [0.2, 0.25) is 0 Å². The number of ether oxygens (including phenoxy) is 2. The first-order valence-electron chi connectivity index (χ1n) is 15.0. The highest BCUT2D eigenvalue weighted by Crippen LogP contribution is 2.27. The number of carbonyl (C=O) groups is 3. The molecule has 230 valence electrons. The number of unbranched alkanes of at least 4 members (excludes halogenated alkanes) is 2. The van der Waals surface area contributed by atoms with E-state index in [1.54, 1.807) is 21.6 Å². The van der Waals surface area contributed by atoms with Gasteiger partial charge in [-0.05, 0) is 56.7 Å². The molecule has 2 aromatic rings. The predicted octanol–water partition coefficient (Wildman–Crippen LogP) is 3.01. The van der Waals surface area contributed by atoms with E-state index in [1.807, 2.05) is 38.1 Å². The monoisotopic (exact) mass is 584 g/mol. The maximum atomic E-state index is 14.3. The molecule has 2 fully saturated rings. The zero-order chi connectivity index (χ0) is 30.1. The van der Waals surface area contributed by atoms with Crippen molar-refractivity contribution in [3.8, 4) is 5.69 Å². The highest BCUT2D eigenvalue weighted by atomic mass is 16.5. The van der Waals surface area contributed by atoms with Gasteiger partial charge in [-0.25, -0.2) is 9.48 Å². The molecule has 2 aliphatic heterocycles. The minimum absolute atomic E-state index is 0.0821. The number of aromatic nitrogens is 3. The highest BCUT2D eigenvalue weighted by molar-refractivity contribution is 5.94. The standard InChI is InChI=1S/C30H44N6O6/c1-4-5-12-35(25-19-23(20-34(21-25)30(39)40)28(37)33-13-16-42-17-14-33)29(38)27-26(11-6-7-15-41-3)36(32-31-27)24-10-8-9-22(2)18-24/h8-10,18,23,25H,4-7,11-17,19-21H2,1-3H3,(H,39,40)/t23-,25+/m1/s1. The molecule has 1 aromatic carbocycles. The molecule has 3 amide bonds. The number of methoxy groups -OCH3 is 1. The Kier molecular flexibility index (Phi) is 11.3. The highest BCUT2D eigenvalue weighted by Gasteiger charge is 2.40.